The predicted molar refractivity (Wildman–Crippen MR) is 55.5 cm³/mol. The Hall–Kier alpha value is -1.10. The van der Waals surface area contributed by atoms with Gasteiger partial charge in [0.25, 0.3) is 0 Å². The molecule has 1 amide bonds. The fraction of sp³-hybridized carbons (Fsp3) is 0.800. The van der Waals surface area contributed by atoms with E-state index in [4.69, 9.17) is 5.11 Å². The Kier molecular flexibility index (Phi) is 4.55. The van der Waals surface area contributed by atoms with E-state index in [0.717, 1.165) is 25.9 Å². The summed E-state index contributed by atoms with van der Waals surface area (Å²) in [6, 6.07) is -0.797. The minimum atomic E-state index is -0.995. The lowest BCUT2D eigenvalue weighted by atomic mass is 9.96. The number of carboxylic acids is 1. The molecule has 1 aliphatic heterocycles. The molecule has 0 aliphatic carbocycles. The van der Waals surface area contributed by atoms with Gasteiger partial charge in [-0.15, -0.1) is 0 Å². The highest BCUT2D eigenvalue weighted by Gasteiger charge is 2.19. The summed E-state index contributed by atoms with van der Waals surface area (Å²) in [5, 5.41) is 14.3. The Balaban J connectivity index is 2.25. The van der Waals surface area contributed by atoms with E-state index in [1.807, 2.05) is 0 Å². The number of nitrogens with one attached hydrogen (secondary N) is 2. The number of rotatable bonds is 4. The summed E-state index contributed by atoms with van der Waals surface area (Å²) < 4.78 is 0. The Morgan fingerprint density at radius 1 is 1.60 bits per heavy atom. The van der Waals surface area contributed by atoms with E-state index in [1.54, 1.807) is 0 Å². The van der Waals surface area contributed by atoms with Crippen LogP contribution in [0.1, 0.15) is 26.2 Å². The first-order valence-corrected chi connectivity index (χ1v) is 5.32. The molecular formula is C10H18N2O3. The van der Waals surface area contributed by atoms with Crippen molar-refractivity contribution in [3.8, 4) is 0 Å². The minimum Gasteiger partial charge on any atom is -0.480 e. The number of carbonyl (C=O) groups excluding carboxylic acids is 1. The number of hydrogen-bond donors (Lipinski definition) is 3. The van der Waals surface area contributed by atoms with Crippen molar-refractivity contribution >= 4 is 11.9 Å². The third-order valence-corrected chi connectivity index (χ3v) is 2.62. The molecule has 0 aromatic rings. The van der Waals surface area contributed by atoms with Crippen LogP contribution in [-0.2, 0) is 9.59 Å². The first-order chi connectivity index (χ1) is 7.09. The number of aliphatic carboxylic acids is 1. The van der Waals surface area contributed by atoms with Gasteiger partial charge in [0, 0.05) is 6.42 Å². The molecule has 0 aromatic carbocycles. The van der Waals surface area contributed by atoms with Crippen molar-refractivity contribution in [1.29, 1.82) is 0 Å². The lowest BCUT2D eigenvalue weighted by Crippen LogP contribution is -2.40. The molecule has 5 nitrogen and oxygen atoms in total. The van der Waals surface area contributed by atoms with Gasteiger partial charge in [-0.05, 0) is 38.8 Å². The van der Waals surface area contributed by atoms with Gasteiger partial charge in [-0.3, -0.25) is 9.59 Å². The summed E-state index contributed by atoms with van der Waals surface area (Å²) >= 11 is 0. The van der Waals surface area contributed by atoms with Gasteiger partial charge in [0.05, 0.1) is 0 Å². The van der Waals surface area contributed by atoms with Crippen LogP contribution in [0.2, 0.25) is 0 Å². The molecule has 0 aromatic heterocycles. The normalized spacial score (nSPS) is 23.1. The van der Waals surface area contributed by atoms with Crippen LogP contribution in [0.5, 0.6) is 0 Å². The molecule has 1 unspecified atom stereocenters. The number of piperidine rings is 1. The van der Waals surface area contributed by atoms with Crippen LogP contribution in [0.3, 0.4) is 0 Å². The largest absolute Gasteiger partial charge is 0.480 e. The molecule has 3 N–H and O–H groups in total. The molecule has 15 heavy (non-hydrogen) atoms. The molecule has 1 aliphatic rings. The smallest absolute Gasteiger partial charge is 0.325 e. The van der Waals surface area contributed by atoms with Gasteiger partial charge in [0.1, 0.15) is 6.04 Å². The maximum absolute atomic E-state index is 11.4. The van der Waals surface area contributed by atoms with Gasteiger partial charge in [0.2, 0.25) is 5.91 Å². The molecule has 0 bridgehead atoms. The van der Waals surface area contributed by atoms with E-state index in [2.05, 4.69) is 10.6 Å². The van der Waals surface area contributed by atoms with Crippen molar-refractivity contribution in [3.05, 3.63) is 0 Å². The summed E-state index contributed by atoms with van der Waals surface area (Å²) in [5.41, 5.74) is 0. The number of carbonyl (C=O) groups is 2. The average molecular weight is 214 g/mol. The van der Waals surface area contributed by atoms with Crippen LogP contribution in [0.25, 0.3) is 0 Å². The molecule has 1 fully saturated rings. The molecule has 1 heterocycles. The van der Waals surface area contributed by atoms with Crippen molar-refractivity contribution in [2.24, 2.45) is 5.92 Å². The second kappa shape index (κ2) is 5.70. The summed E-state index contributed by atoms with van der Waals surface area (Å²) in [5.74, 6) is -0.816. The zero-order valence-electron chi connectivity index (χ0n) is 8.95. The number of amides is 1. The quantitative estimate of drug-likeness (QED) is 0.614. The lowest BCUT2D eigenvalue weighted by Gasteiger charge is -2.22. The van der Waals surface area contributed by atoms with Gasteiger partial charge >= 0.3 is 5.97 Å². The van der Waals surface area contributed by atoms with E-state index in [9.17, 15) is 9.59 Å². The van der Waals surface area contributed by atoms with Crippen molar-refractivity contribution in [2.45, 2.75) is 32.2 Å². The second-order valence-corrected chi connectivity index (χ2v) is 4.04. The lowest BCUT2D eigenvalue weighted by molar-refractivity contribution is -0.141. The molecule has 2 atom stereocenters. The van der Waals surface area contributed by atoms with Crippen LogP contribution >= 0.6 is 0 Å². The predicted octanol–water partition coefficient (Wildman–Crippen LogP) is -0.0346. The SMILES string of the molecule is C[C@H](NC(=O)CC1CCCNC1)C(=O)O. The molecule has 5 heteroatoms. The fourth-order valence-electron chi connectivity index (χ4n) is 1.72. The van der Waals surface area contributed by atoms with Gasteiger partial charge in [-0.2, -0.15) is 0 Å². The topological polar surface area (TPSA) is 78.4 Å². The molecule has 1 saturated heterocycles. The van der Waals surface area contributed by atoms with Gasteiger partial charge in [-0.25, -0.2) is 0 Å². The van der Waals surface area contributed by atoms with Crippen molar-refractivity contribution in [2.75, 3.05) is 13.1 Å². The van der Waals surface area contributed by atoms with Crippen LogP contribution in [0.15, 0.2) is 0 Å². The Morgan fingerprint density at radius 2 is 2.33 bits per heavy atom. The monoisotopic (exact) mass is 214 g/mol. The summed E-state index contributed by atoms with van der Waals surface area (Å²) in [6.45, 7) is 3.35. The number of hydrogen-bond acceptors (Lipinski definition) is 3. The third kappa shape index (κ3) is 4.29. The fourth-order valence-corrected chi connectivity index (χ4v) is 1.72. The Labute approximate surface area is 89.2 Å². The van der Waals surface area contributed by atoms with Crippen molar-refractivity contribution < 1.29 is 14.7 Å². The van der Waals surface area contributed by atoms with Crippen LogP contribution in [0.4, 0.5) is 0 Å². The van der Waals surface area contributed by atoms with Crippen LogP contribution in [-0.4, -0.2) is 36.1 Å². The first kappa shape index (κ1) is 12.0. The van der Waals surface area contributed by atoms with E-state index >= 15 is 0 Å². The average Bonchev–Trinajstić information content (AvgIpc) is 2.18. The molecule has 86 valence electrons. The van der Waals surface area contributed by atoms with Crippen LogP contribution < -0.4 is 10.6 Å². The highest BCUT2D eigenvalue weighted by atomic mass is 16.4. The second-order valence-electron chi connectivity index (χ2n) is 4.04. The van der Waals surface area contributed by atoms with Gasteiger partial charge in [-0.1, -0.05) is 0 Å². The molecule has 1 rings (SSSR count). The van der Waals surface area contributed by atoms with Gasteiger partial charge in [0.15, 0.2) is 0 Å². The number of carboxylic acid groups (broad SMARTS) is 1. The Bertz CT molecular complexity index is 237. The third-order valence-electron chi connectivity index (χ3n) is 2.62. The van der Waals surface area contributed by atoms with E-state index in [-0.39, 0.29) is 5.91 Å². The molecule has 0 radical (unpaired) electrons. The van der Waals surface area contributed by atoms with Crippen LogP contribution in [0, 0.1) is 5.92 Å². The maximum atomic E-state index is 11.4. The summed E-state index contributed by atoms with van der Waals surface area (Å²) in [4.78, 5) is 21.9. The van der Waals surface area contributed by atoms with E-state index < -0.39 is 12.0 Å². The van der Waals surface area contributed by atoms with E-state index in [1.165, 1.54) is 6.92 Å². The summed E-state index contributed by atoms with van der Waals surface area (Å²) in [7, 11) is 0. The zero-order chi connectivity index (χ0) is 11.3. The zero-order valence-corrected chi connectivity index (χ0v) is 8.95. The molecule has 0 saturated carbocycles. The van der Waals surface area contributed by atoms with Gasteiger partial charge < -0.3 is 15.7 Å². The minimum absolute atomic E-state index is 0.168. The van der Waals surface area contributed by atoms with E-state index in [0.29, 0.717) is 12.3 Å². The van der Waals surface area contributed by atoms with Crippen molar-refractivity contribution in [3.63, 3.8) is 0 Å². The maximum Gasteiger partial charge on any atom is 0.325 e. The standard InChI is InChI=1S/C10H18N2O3/c1-7(10(14)15)12-9(13)5-8-3-2-4-11-6-8/h7-8,11H,2-6H2,1H3,(H,12,13)(H,14,15)/t7-,8?/m0/s1. The summed E-state index contributed by atoms with van der Waals surface area (Å²) in [6.07, 6.45) is 2.55. The highest BCUT2D eigenvalue weighted by Crippen LogP contribution is 2.13. The molecule has 0 spiro atoms. The Morgan fingerprint density at radius 3 is 2.87 bits per heavy atom. The van der Waals surface area contributed by atoms with Crippen molar-refractivity contribution in [1.82, 2.24) is 10.6 Å². The first-order valence-electron chi connectivity index (χ1n) is 5.32. The molecular weight excluding hydrogens is 196 g/mol. The highest BCUT2D eigenvalue weighted by molar-refractivity contribution is 5.83.